The SMILES string of the molecule is CCOC(=O)C(C)(C)Oc1ccc(Br)cc1C=C1C(=O)Nc2cc(Cl)ccc21. The molecule has 1 aliphatic rings. The highest BCUT2D eigenvalue weighted by molar-refractivity contribution is 9.10. The van der Waals surface area contributed by atoms with E-state index in [0.717, 1.165) is 10.0 Å². The average Bonchev–Trinajstić information content (AvgIpc) is 2.92. The van der Waals surface area contributed by atoms with Crippen molar-refractivity contribution in [2.45, 2.75) is 26.4 Å². The Kier molecular flexibility index (Phi) is 5.82. The van der Waals surface area contributed by atoms with Gasteiger partial charge in [0.2, 0.25) is 0 Å². The third kappa shape index (κ3) is 4.23. The van der Waals surface area contributed by atoms with Crippen molar-refractivity contribution < 1.29 is 19.1 Å². The molecule has 0 atom stereocenters. The monoisotopic (exact) mass is 463 g/mol. The molecule has 0 saturated heterocycles. The van der Waals surface area contributed by atoms with Gasteiger partial charge in [-0.05, 0) is 57.2 Å². The molecule has 0 spiro atoms. The Morgan fingerprint density at radius 3 is 2.71 bits per heavy atom. The van der Waals surface area contributed by atoms with Gasteiger partial charge < -0.3 is 14.8 Å². The third-order valence-corrected chi connectivity index (χ3v) is 4.90. The van der Waals surface area contributed by atoms with Crippen molar-refractivity contribution in [1.82, 2.24) is 0 Å². The lowest BCUT2D eigenvalue weighted by Crippen LogP contribution is -2.39. The lowest BCUT2D eigenvalue weighted by molar-refractivity contribution is -0.158. The topological polar surface area (TPSA) is 64.6 Å². The number of hydrogen-bond donors (Lipinski definition) is 1. The van der Waals surface area contributed by atoms with E-state index in [0.29, 0.717) is 27.6 Å². The maximum Gasteiger partial charge on any atom is 0.349 e. The Morgan fingerprint density at radius 2 is 2.00 bits per heavy atom. The molecule has 1 heterocycles. The summed E-state index contributed by atoms with van der Waals surface area (Å²) in [6.45, 7) is 5.29. The molecular weight excluding hydrogens is 446 g/mol. The molecule has 0 fully saturated rings. The summed E-state index contributed by atoms with van der Waals surface area (Å²) in [6, 6.07) is 10.6. The highest BCUT2D eigenvalue weighted by Gasteiger charge is 2.32. The molecule has 0 unspecified atom stereocenters. The number of rotatable bonds is 5. The van der Waals surface area contributed by atoms with Gasteiger partial charge in [0.25, 0.3) is 5.91 Å². The Labute approximate surface area is 176 Å². The van der Waals surface area contributed by atoms with Gasteiger partial charge in [0.15, 0.2) is 5.60 Å². The van der Waals surface area contributed by atoms with Gasteiger partial charge in [-0.1, -0.05) is 33.6 Å². The van der Waals surface area contributed by atoms with Crippen LogP contribution in [0.1, 0.15) is 31.9 Å². The van der Waals surface area contributed by atoms with E-state index in [9.17, 15) is 9.59 Å². The molecule has 5 nitrogen and oxygen atoms in total. The molecule has 0 aromatic heterocycles. The number of nitrogens with one attached hydrogen (secondary N) is 1. The number of carbonyl (C=O) groups excluding carboxylic acids is 2. The van der Waals surface area contributed by atoms with E-state index in [-0.39, 0.29) is 12.5 Å². The maximum atomic E-state index is 12.5. The lowest BCUT2D eigenvalue weighted by Gasteiger charge is -2.25. The number of ether oxygens (including phenoxy) is 2. The number of hydrogen-bond acceptors (Lipinski definition) is 4. The van der Waals surface area contributed by atoms with Crippen molar-refractivity contribution in [2.24, 2.45) is 0 Å². The first kappa shape index (κ1) is 20.4. The zero-order valence-electron chi connectivity index (χ0n) is 15.6. The molecule has 7 heteroatoms. The molecule has 2 aromatic rings. The molecule has 0 aliphatic carbocycles. The first-order valence-corrected chi connectivity index (χ1v) is 9.87. The smallest absolute Gasteiger partial charge is 0.349 e. The van der Waals surface area contributed by atoms with Crippen molar-refractivity contribution in [2.75, 3.05) is 11.9 Å². The van der Waals surface area contributed by atoms with Crippen LogP contribution in [0, 0.1) is 0 Å². The second-order valence-corrected chi connectivity index (χ2v) is 8.07. The summed E-state index contributed by atoms with van der Waals surface area (Å²) in [5.74, 6) is -0.230. The van der Waals surface area contributed by atoms with Gasteiger partial charge in [-0.2, -0.15) is 0 Å². The predicted molar refractivity (Wildman–Crippen MR) is 113 cm³/mol. The van der Waals surface area contributed by atoms with Gasteiger partial charge in [-0.25, -0.2) is 4.79 Å². The lowest BCUT2D eigenvalue weighted by atomic mass is 10.0. The van der Waals surface area contributed by atoms with Gasteiger partial charge >= 0.3 is 5.97 Å². The van der Waals surface area contributed by atoms with Crippen LogP contribution in [0.3, 0.4) is 0 Å². The van der Waals surface area contributed by atoms with Crippen LogP contribution in [0.15, 0.2) is 40.9 Å². The summed E-state index contributed by atoms with van der Waals surface area (Å²) in [7, 11) is 0. The van der Waals surface area contributed by atoms with Gasteiger partial charge in [-0.3, -0.25) is 4.79 Å². The third-order valence-electron chi connectivity index (χ3n) is 4.17. The molecule has 1 aliphatic heterocycles. The van der Waals surface area contributed by atoms with E-state index in [1.54, 1.807) is 57.2 Å². The fraction of sp³-hybridized carbons (Fsp3) is 0.238. The number of halogens is 2. The first-order chi connectivity index (χ1) is 13.2. The summed E-state index contributed by atoms with van der Waals surface area (Å²) < 4.78 is 11.9. The van der Waals surface area contributed by atoms with Crippen LogP contribution in [-0.2, 0) is 14.3 Å². The maximum absolute atomic E-state index is 12.5. The second-order valence-electron chi connectivity index (χ2n) is 6.72. The van der Waals surface area contributed by atoms with E-state index in [4.69, 9.17) is 21.1 Å². The molecule has 146 valence electrons. The summed E-state index contributed by atoms with van der Waals surface area (Å²) >= 11 is 9.45. The van der Waals surface area contributed by atoms with Crippen LogP contribution in [0.5, 0.6) is 5.75 Å². The zero-order valence-corrected chi connectivity index (χ0v) is 18.0. The van der Waals surface area contributed by atoms with Crippen LogP contribution < -0.4 is 10.1 Å². The summed E-state index contributed by atoms with van der Waals surface area (Å²) in [4.78, 5) is 24.7. The van der Waals surface area contributed by atoms with Crippen molar-refractivity contribution in [3.63, 3.8) is 0 Å². The van der Waals surface area contributed by atoms with Crippen LogP contribution in [0.25, 0.3) is 11.6 Å². The van der Waals surface area contributed by atoms with Gasteiger partial charge in [0.05, 0.1) is 12.3 Å². The average molecular weight is 465 g/mol. The van der Waals surface area contributed by atoms with Crippen LogP contribution in [-0.4, -0.2) is 24.1 Å². The predicted octanol–water partition coefficient (Wildman–Crippen LogP) is 5.32. The van der Waals surface area contributed by atoms with E-state index >= 15 is 0 Å². The number of carbonyl (C=O) groups is 2. The standard InChI is InChI=1S/C21H19BrClNO4/c1-4-27-20(26)21(2,3)28-18-8-5-13(22)9-12(18)10-16-15-7-6-14(23)11-17(15)24-19(16)25/h5-11H,4H2,1-3H3,(H,24,25). The number of benzene rings is 2. The summed E-state index contributed by atoms with van der Waals surface area (Å²) in [5, 5.41) is 3.35. The Bertz CT molecular complexity index is 984. The molecule has 28 heavy (non-hydrogen) atoms. The van der Waals surface area contributed by atoms with Gasteiger partial charge in [-0.15, -0.1) is 0 Å². The minimum Gasteiger partial charge on any atom is -0.476 e. The second kappa shape index (κ2) is 7.97. The highest BCUT2D eigenvalue weighted by Crippen LogP contribution is 2.37. The molecule has 2 aromatic carbocycles. The highest BCUT2D eigenvalue weighted by atomic mass is 79.9. The Balaban J connectivity index is 2.02. The van der Waals surface area contributed by atoms with E-state index < -0.39 is 11.6 Å². The summed E-state index contributed by atoms with van der Waals surface area (Å²) in [6.07, 6.45) is 1.73. The number of fused-ring (bicyclic) bond motifs is 1. The molecular formula is C21H19BrClNO4. The molecule has 1 amide bonds. The van der Waals surface area contributed by atoms with Crippen molar-refractivity contribution in [1.29, 1.82) is 0 Å². The van der Waals surface area contributed by atoms with Crippen molar-refractivity contribution in [3.05, 3.63) is 57.0 Å². The molecule has 1 N–H and O–H groups in total. The summed E-state index contributed by atoms with van der Waals surface area (Å²) in [5.41, 5.74) is 1.38. The van der Waals surface area contributed by atoms with E-state index in [2.05, 4.69) is 21.2 Å². The van der Waals surface area contributed by atoms with Gasteiger partial charge in [0.1, 0.15) is 5.75 Å². The van der Waals surface area contributed by atoms with Crippen LogP contribution in [0.4, 0.5) is 5.69 Å². The number of amides is 1. The van der Waals surface area contributed by atoms with Crippen molar-refractivity contribution in [3.8, 4) is 5.75 Å². The van der Waals surface area contributed by atoms with Crippen molar-refractivity contribution >= 4 is 56.7 Å². The van der Waals surface area contributed by atoms with Crippen LogP contribution >= 0.6 is 27.5 Å². The minimum absolute atomic E-state index is 0.229. The molecule has 0 radical (unpaired) electrons. The largest absolute Gasteiger partial charge is 0.476 e. The molecule has 0 bridgehead atoms. The molecule has 0 saturated carbocycles. The Morgan fingerprint density at radius 1 is 1.25 bits per heavy atom. The fourth-order valence-electron chi connectivity index (χ4n) is 2.81. The quantitative estimate of drug-likeness (QED) is 0.481. The van der Waals surface area contributed by atoms with E-state index in [1.165, 1.54) is 0 Å². The zero-order chi connectivity index (χ0) is 20.5. The number of esters is 1. The van der Waals surface area contributed by atoms with E-state index in [1.807, 2.05) is 6.07 Å². The van der Waals surface area contributed by atoms with Gasteiger partial charge in [0, 0.05) is 26.2 Å². The first-order valence-electron chi connectivity index (χ1n) is 8.70. The van der Waals surface area contributed by atoms with Crippen LogP contribution in [0.2, 0.25) is 5.02 Å². The normalized spacial score (nSPS) is 14.6. The molecule has 3 rings (SSSR count). The minimum atomic E-state index is -1.18. The Hall–Kier alpha value is -2.31. The number of anilines is 1. The fourth-order valence-corrected chi connectivity index (χ4v) is 3.36.